The third kappa shape index (κ3) is 5.45. The number of morpholine rings is 1. The minimum atomic E-state index is -0.00702. The van der Waals surface area contributed by atoms with Crippen LogP contribution in [0.15, 0.2) is 64.6 Å². The monoisotopic (exact) mass is 466 g/mol. The van der Waals surface area contributed by atoms with Gasteiger partial charge in [-0.25, -0.2) is 0 Å². The van der Waals surface area contributed by atoms with E-state index in [9.17, 15) is 4.79 Å². The zero-order chi connectivity index (χ0) is 22.6. The molecule has 171 valence electrons. The van der Waals surface area contributed by atoms with Crippen molar-refractivity contribution in [1.29, 1.82) is 0 Å². The van der Waals surface area contributed by atoms with Gasteiger partial charge in [-0.2, -0.15) is 10.1 Å². The van der Waals surface area contributed by atoms with Gasteiger partial charge in [-0.1, -0.05) is 0 Å². The fourth-order valence-corrected chi connectivity index (χ4v) is 4.58. The van der Waals surface area contributed by atoms with Crippen molar-refractivity contribution in [2.45, 2.75) is 11.8 Å². The highest BCUT2D eigenvalue weighted by Crippen LogP contribution is 2.29. The second-order valence-electron chi connectivity index (χ2n) is 7.92. The number of benzene rings is 1. The molecule has 2 aromatic rings. The minimum absolute atomic E-state index is 0.00702. The first kappa shape index (κ1) is 21.7. The molecule has 5 rings (SSSR count). The Morgan fingerprint density at radius 3 is 2.85 bits per heavy atom. The van der Waals surface area contributed by atoms with Gasteiger partial charge in [0.2, 0.25) is 5.91 Å². The van der Waals surface area contributed by atoms with Crippen LogP contribution in [-0.2, 0) is 9.53 Å². The van der Waals surface area contributed by atoms with E-state index >= 15 is 0 Å². The number of H-pyrrole nitrogens is 1. The second kappa shape index (κ2) is 9.79. The number of amidine groups is 1. The summed E-state index contributed by atoms with van der Waals surface area (Å²) >= 11 is 1.61. The fraction of sp³-hybridized carbons (Fsp3) is 0.318. The Balaban J connectivity index is 1.20. The summed E-state index contributed by atoms with van der Waals surface area (Å²) in [5.74, 6) is 2.56. The molecule has 0 spiro atoms. The van der Waals surface area contributed by atoms with Crippen molar-refractivity contribution in [3.8, 4) is 0 Å². The summed E-state index contributed by atoms with van der Waals surface area (Å²) in [7, 11) is 0. The number of anilines is 2. The quantitative estimate of drug-likeness (QED) is 0.425. The Morgan fingerprint density at radius 1 is 1.27 bits per heavy atom. The zero-order valence-electron chi connectivity index (χ0n) is 18.3. The van der Waals surface area contributed by atoms with E-state index in [2.05, 4.69) is 35.0 Å². The molecule has 3 aliphatic rings. The topological polar surface area (TPSA) is 104 Å². The normalized spacial score (nSPS) is 18.6. The Labute approximate surface area is 196 Å². The molecular formula is C22H26N8O2S+. The average molecular weight is 467 g/mol. The first-order chi connectivity index (χ1) is 16.1. The van der Waals surface area contributed by atoms with Crippen molar-refractivity contribution in [1.82, 2.24) is 24.3 Å². The third-order valence-electron chi connectivity index (χ3n) is 5.33. The van der Waals surface area contributed by atoms with Gasteiger partial charge in [-0.3, -0.25) is 24.4 Å². The van der Waals surface area contributed by atoms with Crippen LogP contribution < -0.4 is 15.5 Å². The van der Waals surface area contributed by atoms with E-state index in [1.54, 1.807) is 18.1 Å². The maximum atomic E-state index is 12.3. The summed E-state index contributed by atoms with van der Waals surface area (Å²) in [6.45, 7) is 5.97. The van der Waals surface area contributed by atoms with Crippen molar-refractivity contribution in [2.75, 3.05) is 50.0 Å². The lowest BCUT2D eigenvalue weighted by Gasteiger charge is -2.25. The molecule has 1 radical (unpaired) electrons. The van der Waals surface area contributed by atoms with E-state index < -0.39 is 0 Å². The number of rotatable bonds is 7. The molecule has 11 heteroatoms. The predicted octanol–water partition coefficient (Wildman–Crippen LogP) is 2.25. The van der Waals surface area contributed by atoms with E-state index in [1.807, 2.05) is 54.6 Å². The van der Waals surface area contributed by atoms with Gasteiger partial charge >= 0.3 is 0 Å². The van der Waals surface area contributed by atoms with Crippen LogP contribution in [-0.4, -0.2) is 70.5 Å². The molecule has 10 nitrogen and oxygen atoms in total. The lowest BCUT2D eigenvalue weighted by atomic mass is 10.3. The predicted molar refractivity (Wildman–Crippen MR) is 129 cm³/mol. The molecule has 1 aromatic heterocycles. The van der Waals surface area contributed by atoms with Crippen molar-refractivity contribution in [3.63, 3.8) is 0 Å². The first-order valence-corrected chi connectivity index (χ1v) is 11.6. The van der Waals surface area contributed by atoms with E-state index in [0.29, 0.717) is 26.3 Å². The highest BCUT2D eigenvalue weighted by atomic mass is 32.2. The number of hydrogen-bond donors (Lipinski definition) is 3. The molecule has 4 heterocycles. The van der Waals surface area contributed by atoms with Crippen LogP contribution >= 0.6 is 11.9 Å². The van der Waals surface area contributed by atoms with Crippen molar-refractivity contribution in [3.05, 3.63) is 60.4 Å². The molecule has 0 saturated carbocycles. The van der Waals surface area contributed by atoms with Crippen LogP contribution in [0.4, 0.5) is 11.5 Å². The number of amides is 1. The SMILES string of the molecule is Cc1cc(NC2=CN(Sc3ccc(NC(=O)CN4CCOCC4)cc3)CC3=NC=C[N+]23)n[nH]1. The molecular weight excluding hydrogens is 440 g/mol. The molecule has 0 bridgehead atoms. The Hall–Kier alpha value is -3.12. The summed E-state index contributed by atoms with van der Waals surface area (Å²) in [6.07, 6.45) is 5.77. The molecule has 0 atom stereocenters. The van der Waals surface area contributed by atoms with Gasteiger partial charge in [0.1, 0.15) is 6.54 Å². The smallest absolute Gasteiger partial charge is 0.285 e. The van der Waals surface area contributed by atoms with Crippen LogP contribution in [0.2, 0.25) is 0 Å². The van der Waals surface area contributed by atoms with Crippen molar-refractivity contribution in [2.24, 2.45) is 4.99 Å². The number of nitrogens with zero attached hydrogens (tertiary/aromatic N) is 5. The van der Waals surface area contributed by atoms with Crippen LogP contribution in [0.5, 0.6) is 0 Å². The maximum Gasteiger partial charge on any atom is 0.285 e. The molecule has 3 N–H and O–H groups in total. The number of carbonyl (C=O) groups excluding carboxylic acids is 1. The number of aromatic nitrogens is 2. The van der Waals surface area contributed by atoms with E-state index in [-0.39, 0.29) is 5.91 Å². The van der Waals surface area contributed by atoms with Gasteiger partial charge in [0.25, 0.3) is 11.7 Å². The number of aryl methyl sites for hydroxylation is 1. The number of aliphatic imine (C=N–C) groups is 1. The molecule has 1 amide bonds. The molecule has 1 aromatic carbocycles. The number of carbonyl (C=O) groups is 1. The third-order valence-corrected chi connectivity index (χ3v) is 6.29. The summed E-state index contributed by atoms with van der Waals surface area (Å²) in [5.41, 5.74) is 1.78. The summed E-state index contributed by atoms with van der Waals surface area (Å²) < 4.78 is 7.45. The maximum absolute atomic E-state index is 12.3. The lowest BCUT2D eigenvalue weighted by Crippen LogP contribution is -2.42. The van der Waals surface area contributed by atoms with Gasteiger partial charge in [0.05, 0.1) is 32.2 Å². The molecule has 1 fully saturated rings. The van der Waals surface area contributed by atoms with Crippen molar-refractivity contribution >= 4 is 35.2 Å². The largest absolute Gasteiger partial charge is 0.379 e. The van der Waals surface area contributed by atoms with Crippen LogP contribution in [0.25, 0.3) is 0 Å². The van der Waals surface area contributed by atoms with Crippen LogP contribution in [0.3, 0.4) is 0 Å². The Kier molecular flexibility index (Phi) is 6.44. The number of nitrogens with one attached hydrogen (secondary N) is 3. The average Bonchev–Trinajstić information content (AvgIpc) is 3.44. The molecule has 0 aliphatic carbocycles. The summed E-state index contributed by atoms with van der Waals surface area (Å²) in [5, 5.41) is 13.5. The number of aromatic amines is 1. The van der Waals surface area contributed by atoms with Crippen LogP contribution in [0, 0.1) is 6.92 Å². The summed E-state index contributed by atoms with van der Waals surface area (Å²) in [4.78, 5) is 22.0. The van der Waals surface area contributed by atoms with E-state index in [4.69, 9.17) is 4.74 Å². The standard InChI is InChI=1S/C22H26N8O2S/c1-16-12-19(27-26-16)25-21-14-29(13-20-23-6-7-30(20)21)33-18-4-2-17(3-5-18)24-22(31)15-28-8-10-32-11-9-28/h2-7,12,14H,8-11,13,15H2,1H3,(H,24,31)(H2,25,26,27)/q+1. The van der Waals surface area contributed by atoms with Crippen molar-refractivity contribution < 1.29 is 9.53 Å². The van der Waals surface area contributed by atoms with Gasteiger partial charge in [0, 0.05) is 35.4 Å². The van der Waals surface area contributed by atoms with Gasteiger partial charge in [0.15, 0.2) is 12.0 Å². The van der Waals surface area contributed by atoms with E-state index in [0.717, 1.165) is 46.8 Å². The highest BCUT2D eigenvalue weighted by molar-refractivity contribution is 7.97. The second-order valence-corrected chi connectivity index (χ2v) is 9.04. The number of hydrogen-bond acceptors (Lipinski definition) is 9. The molecule has 33 heavy (non-hydrogen) atoms. The zero-order valence-corrected chi connectivity index (χ0v) is 19.1. The van der Waals surface area contributed by atoms with Gasteiger partial charge in [-0.05, 0) is 48.0 Å². The Bertz CT molecular complexity index is 1090. The van der Waals surface area contributed by atoms with Gasteiger partial charge in [-0.15, -0.1) is 0 Å². The number of ether oxygens (including phenoxy) is 1. The van der Waals surface area contributed by atoms with E-state index in [1.165, 1.54) is 0 Å². The highest BCUT2D eigenvalue weighted by Gasteiger charge is 2.37. The lowest BCUT2D eigenvalue weighted by molar-refractivity contribution is -0.118. The summed E-state index contributed by atoms with van der Waals surface area (Å²) in [6, 6.07) is 9.83. The minimum Gasteiger partial charge on any atom is -0.379 e. The Morgan fingerprint density at radius 2 is 2.09 bits per heavy atom. The molecule has 0 unspecified atom stereocenters. The van der Waals surface area contributed by atoms with Gasteiger partial charge < -0.3 is 10.1 Å². The first-order valence-electron chi connectivity index (χ1n) is 10.8. The molecule has 3 aliphatic heterocycles. The number of fused-ring (bicyclic) bond motifs is 1. The fourth-order valence-electron chi connectivity index (χ4n) is 3.72. The van der Waals surface area contributed by atoms with Crippen LogP contribution in [0.1, 0.15) is 5.69 Å². The molecule has 1 saturated heterocycles.